The summed E-state index contributed by atoms with van der Waals surface area (Å²) in [6.45, 7) is 13.7. The lowest BCUT2D eigenvalue weighted by Gasteiger charge is -2.15. The Morgan fingerprint density at radius 2 is 0.593 bits per heavy atom. The van der Waals surface area contributed by atoms with Crippen LogP contribution in [-0.2, 0) is 0 Å². The van der Waals surface area contributed by atoms with Crippen molar-refractivity contribution in [1.82, 2.24) is 0 Å². The quantitative estimate of drug-likeness (QED) is 0.161. The average Bonchev–Trinajstić information content (AvgIpc) is 3.67. The van der Waals surface area contributed by atoms with Crippen LogP contribution in [0.25, 0.3) is 108 Å². The van der Waals surface area contributed by atoms with Crippen molar-refractivity contribution in [3.63, 3.8) is 0 Å². The summed E-state index contributed by atoms with van der Waals surface area (Å²) in [7, 11) is 0. The highest BCUT2D eigenvalue weighted by atomic mass is 14.2. The molecule has 0 heteroatoms. The van der Waals surface area contributed by atoms with Crippen molar-refractivity contribution >= 4 is 86.2 Å². The molecule has 0 nitrogen and oxygen atoms in total. The second kappa shape index (κ2) is 11.3. The lowest BCUT2D eigenvalue weighted by molar-refractivity contribution is 0.870. The van der Waals surface area contributed by atoms with Gasteiger partial charge in [0, 0.05) is 0 Å². The SMILES string of the molecule is Cc1cccc(-c2ccc3c(c2)c2cc(C(C)C)cc4c5ccc6c(cc7c8ccc(-c9cccc(C)c9)cc8c8cc(C(C)C)cc6c87)c5cc3c42)c1. The van der Waals surface area contributed by atoms with Crippen molar-refractivity contribution in [2.24, 2.45) is 0 Å². The van der Waals surface area contributed by atoms with Crippen molar-refractivity contribution in [3.05, 3.63) is 156 Å². The molecule has 54 heavy (non-hydrogen) atoms. The Balaban J connectivity index is 1.27. The molecule has 11 rings (SSSR count). The minimum Gasteiger partial charge on any atom is -0.0614 e. The third kappa shape index (κ3) is 4.44. The second-order valence-electron chi connectivity index (χ2n) is 16.7. The Kier molecular flexibility index (Phi) is 6.58. The molecule has 0 saturated heterocycles. The lowest BCUT2D eigenvalue weighted by atomic mass is 9.89. The van der Waals surface area contributed by atoms with Crippen LogP contribution in [0.3, 0.4) is 0 Å². The van der Waals surface area contributed by atoms with Gasteiger partial charge in [-0.1, -0.05) is 148 Å². The molecule has 0 N–H and O–H groups in total. The first-order chi connectivity index (χ1) is 26.2. The topological polar surface area (TPSA) is 0 Å². The van der Waals surface area contributed by atoms with Gasteiger partial charge in [-0.05, 0) is 170 Å². The van der Waals surface area contributed by atoms with Crippen LogP contribution in [0.15, 0.2) is 133 Å². The molecule has 0 amide bonds. The fourth-order valence-corrected chi connectivity index (χ4v) is 9.71. The van der Waals surface area contributed by atoms with Crippen molar-refractivity contribution in [3.8, 4) is 22.3 Å². The standard InChI is InChI=1S/C54H42/c1-29(2)37-23-47-41-17-18-42-46(45(41)27-51-39-15-13-35(33-11-7-9-31(5)19-33)21-43(39)49(25-37)53(47)51)28-52-40-16-14-36(34-12-8-10-32(6)20-34)22-44(40)50-26-38(30(3)4)24-48(42)54(50)52/h7-30H,1-6H3. The van der Waals surface area contributed by atoms with E-state index in [1.807, 2.05) is 0 Å². The third-order valence-electron chi connectivity index (χ3n) is 12.5. The first-order valence-electron chi connectivity index (χ1n) is 19.6. The highest BCUT2D eigenvalue weighted by Gasteiger charge is 2.21. The minimum atomic E-state index is 0.424. The molecule has 0 bridgehead atoms. The van der Waals surface area contributed by atoms with E-state index < -0.39 is 0 Å². The van der Waals surface area contributed by atoms with Crippen LogP contribution < -0.4 is 0 Å². The zero-order valence-electron chi connectivity index (χ0n) is 31.9. The molecule has 11 aromatic carbocycles. The van der Waals surface area contributed by atoms with Gasteiger partial charge in [0.2, 0.25) is 0 Å². The predicted octanol–water partition coefficient (Wildman–Crippen LogP) is 16.0. The molecule has 0 radical (unpaired) electrons. The van der Waals surface area contributed by atoms with Crippen molar-refractivity contribution < 1.29 is 0 Å². The summed E-state index contributed by atoms with van der Waals surface area (Å²) < 4.78 is 0. The van der Waals surface area contributed by atoms with Crippen molar-refractivity contribution in [2.75, 3.05) is 0 Å². The molecule has 0 heterocycles. The molecule has 0 fully saturated rings. The maximum atomic E-state index is 2.53. The van der Waals surface area contributed by atoms with Crippen LogP contribution in [0.4, 0.5) is 0 Å². The maximum Gasteiger partial charge on any atom is -0.00197 e. The zero-order chi connectivity index (χ0) is 36.6. The summed E-state index contributed by atoms with van der Waals surface area (Å²) in [5, 5.41) is 21.8. The minimum absolute atomic E-state index is 0.424. The summed E-state index contributed by atoms with van der Waals surface area (Å²) in [6, 6.07) is 51.9. The molecule has 0 aromatic heterocycles. The van der Waals surface area contributed by atoms with Gasteiger partial charge < -0.3 is 0 Å². The Morgan fingerprint density at radius 1 is 0.278 bits per heavy atom. The Labute approximate surface area is 316 Å². The van der Waals surface area contributed by atoms with Gasteiger partial charge in [0.05, 0.1) is 0 Å². The first kappa shape index (κ1) is 31.5. The number of fused-ring (bicyclic) bond motifs is 11. The molecule has 0 spiro atoms. The van der Waals surface area contributed by atoms with E-state index in [0.29, 0.717) is 11.8 Å². The Hall–Kier alpha value is -5.98. The normalized spacial score (nSPS) is 12.6. The van der Waals surface area contributed by atoms with Gasteiger partial charge >= 0.3 is 0 Å². The van der Waals surface area contributed by atoms with Crippen LogP contribution >= 0.6 is 0 Å². The number of aryl methyl sites for hydroxylation is 2. The number of benzene rings is 9. The van der Waals surface area contributed by atoms with E-state index in [-0.39, 0.29) is 0 Å². The Morgan fingerprint density at radius 3 is 0.963 bits per heavy atom. The maximum absolute atomic E-state index is 2.53. The summed E-state index contributed by atoms with van der Waals surface area (Å²) in [6.07, 6.45) is 0. The summed E-state index contributed by atoms with van der Waals surface area (Å²) in [5.74, 6) is 0.847. The van der Waals surface area contributed by atoms with E-state index in [0.717, 1.165) is 0 Å². The zero-order valence-corrected chi connectivity index (χ0v) is 31.9. The molecule has 0 aliphatic carbocycles. The van der Waals surface area contributed by atoms with E-state index in [2.05, 4.69) is 175 Å². The summed E-state index contributed by atoms with van der Waals surface area (Å²) >= 11 is 0. The highest BCUT2D eigenvalue weighted by Crippen LogP contribution is 2.49. The van der Waals surface area contributed by atoms with Crippen LogP contribution in [0, 0.1) is 13.8 Å². The van der Waals surface area contributed by atoms with Crippen LogP contribution in [0.5, 0.6) is 0 Å². The molecule has 258 valence electrons. The number of hydrogen-bond donors (Lipinski definition) is 0. The van der Waals surface area contributed by atoms with E-state index in [9.17, 15) is 0 Å². The molecule has 0 unspecified atom stereocenters. The first-order valence-corrected chi connectivity index (χ1v) is 19.6. The molecular weight excluding hydrogens is 649 g/mol. The van der Waals surface area contributed by atoms with Crippen molar-refractivity contribution in [2.45, 2.75) is 53.4 Å². The molecule has 11 aromatic rings. The van der Waals surface area contributed by atoms with E-state index in [4.69, 9.17) is 0 Å². The number of rotatable bonds is 4. The molecular formula is C54H42. The average molecular weight is 691 g/mol. The van der Waals surface area contributed by atoms with Crippen LogP contribution in [0.2, 0.25) is 0 Å². The smallest absolute Gasteiger partial charge is 0.00197 e. The highest BCUT2D eigenvalue weighted by molar-refractivity contribution is 6.40. The Bertz CT molecular complexity index is 3110. The molecule has 0 saturated carbocycles. The van der Waals surface area contributed by atoms with E-state index >= 15 is 0 Å². The fraction of sp³-hybridized carbons (Fsp3) is 0.148. The monoisotopic (exact) mass is 690 g/mol. The largest absolute Gasteiger partial charge is 0.0614 e. The van der Waals surface area contributed by atoms with Gasteiger partial charge in [-0.25, -0.2) is 0 Å². The van der Waals surface area contributed by atoms with E-state index in [1.54, 1.807) is 0 Å². The van der Waals surface area contributed by atoms with Gasteiger partial charge in [0.25, 0.3) is 0 Å². The van der Waals surface area contributed by atoms with Crippen LogP contribution in [-0.4, -0.2) is 0 Å². The van der Waals surface area contributed by atoms with Gasteiger partial charge in [0.1, 0.15) is 0 Å². The second-order valence-corrected chi connectivity index (χ2v) is 16.7. The lowest BCUT2D eigenvalue weighted by Crippen LogP contribution is -1.90. The van der Waals surface area contributed by atoms with Gasteiger partial charge in [-0.2, -0.15) is 0 Å². The predicted molar refractivity (Wildman–Crippen MR) is 237 cm³/mol. The summed E-state index contributed by atoms with van der Waals surface area (Å²) in [5.41, 5.74) is 10.5. The van der Waals surface area contributed by atoms with Gasteiger partial charge in [-0.15, -0.1) is 0 Å². The van der Waals surface area contributed by atoms with Gasteiger partial charge in [-0.3, -0.25) is 0 Å². The molecule has 0 aliphatic rings. The third-order valence-corrected chi connectivity index (χ3v) is 12.5. The molecule has 0 aliphatic heterocycles. The van der Waals surface area contributed by atoms with Crippen molar-refractivity contribution in [1.29, 1.82) is 0 Å². The van der Waals surface area contributed by atoms with Crippen LogP contribution in [0.1, 0.15) is 61.8 Å². The number of hydrogen-bond acceptors (Lipinski definition) is 0. The summed E-state index contributed by atoms with van der Waals surface area (Å²) in [4.78, 5) is 0. The fourth-order valence-electron chi connectivity index (χ4n) is 9.71. The van der Waals surface area contributed by atoms with E-state index in [1.165, 1.54) is 131 Å². The van der Waals surface area contributed by atoms with Gasteiger partial charge in [0.15, 0.2) is 0 Å². The molecule has 0 atom stereocenters.